The lowest BCUT2D eigenvalue weighted by Crippen LogP contribution is -2.40. The van der Waals surface area contributed by atoms with Gasteiger partial charge < -0.3 is 10.1 Å². The zero-order valence-corrected chi connectivity index (χ0v) is 14.4. The minimum Gasteiger partial charge on any atom is -0.473 e. The van der Waals surface area contributed by atoms with Crippen LogP contribution in [0.4, 0.5) is 5.69 Å². The molecule has 1 aliphatic carbocycles. The van der Waals surface area contributed by atoms with E-state index >= 15 is 0 Å². The van der Waals surface area contributed by atoms with Gasteiger partial charge in [0.15, 0.2) is 0 Å². The molecule has 1 aliphatic rings. The van der Waals surface area contributed by atoms with Gasteiger partial charge in [-0.15, -0.1) is 0 Å². The van der Waals surface area contributed by atoms with Crippen molar-refractivity contribution < 1.29 is 4.74 Å². The third kappa shape index (κ3) is 4.62. The standard InChI is InChI=1S/C18H30N2O/c1-13(2)21-16-15(8-7-9-19-16)20-14-10-17(3,4)12-18(5,6)11-14/h7-9,13-14,20H,10-12H2,1-6H3. The van der Waals surface area contributed by atoms with Crippen LogP contribution in [0, 0.1) is 10.8 Å². The van der Waals surface area contributed by atoms with Gasteiger partial charge in [0.1, 0.15) is 0 Å². The number of anilines is 1. The molecule has 0 aromatic carbocycles. The summed E-state index contributed by atoms with van der Waals surface area (Å²) >= 11 is 0. The fourth-order valence-corrected chi connectivity index (χ4v) is 3.99. The first-order chi connectivity index (χ1) is 9.67. The van der Waals surface area contributed by atoms with Crippen molar-refractivity contribution >= 4 is 5.69 Å². The highest BCUT2D eigenvalue weighted by Crippen LogP contribution is 2.46. The minimum absolute atomic E-state index is 0.139. The smallest absolute Gasteiger partial charge is 0.237 e. The Morgan fingerprint density at radius 2 is 1.81 bits per heavy atom. The molecule has 1 aromatic heterocycles. The van der Waals surface area contributed by atoms with Gasteiger partial charge >= 0.3 is 0 Å². The lowest BCUT2D eigenvalue weighted by Gasteiger charge is -2.45. The fraction of sp³-hybridized carbons (Fsp3) is 0.722. The largest absolute Gasteiger partial charge is 0.473 e. The molecular weight excluding hydrogens is 260 g/mol. The Hall–Kier alpha value is -1.25. The molecule has 2 rings (SSSR count). The van der Waals surface area contributed by atoms with E-state index in [1.807, 2.05) is 19.9 Å². The van der Waals surface area contributed by atoms with E-state index in [1.165, 1.54) is 19.3 Å². The predicted octanol–water partition coefficient (Wildman–Crippen LogP) is 4.89. The minimum atomic E-state index is 0.139. The summed E-state index contributed by atoms with van der Waals surface area (Å²) in [5.41, 5.74) is 1.77. The summed E-state index contributed by atoms with van der Waals surface area (Å²) in [5.74, 6) is 0.716. The molecular formula is C18H30N2O. The van der Waals surface area contributed by atoms with Crippen LogP contribution in [0.5, 0.6) is 5.88 Å². The number of nitrogens with zero attached hydrogens (tertiary/aromatic N) is 1. The van der Waals surface area contributed by atoms with Crippen LogP contribution in [-0.4, -0.2) is 17.1 Å². The molecule has 0 bridgehead atoms. The molecule has 3 nitrogen and oxygen atoms in total. The van der Waals surface area contributed by atoms with Gasteiger partial charge in [-0.2, -0.15) is 0 Å². The van der Waals surface area contributed by atoms with Crippen LogP contribution < -0.4 is 10.1 Å². The summed E-state index contributed by atoms with van der Waals surface area (Å²) in [6.45, 7) is 13.6. The number of aromatic nitrogens is 1. The van der Waals surface area contributed by atoms with Crippen molar-refractivity contribution in [2.75, 3.05) is 5.32 Å². The number of pyridine rings is 1. The molecule has 0 unspecified atom stereocenters. The summed E-state index contributed by atoms with van der Waals surface area (Å²) in [7, 11) is 0. The van der Waals surface area contributed by atoms with Crippen LogP contribution >= 0.6 is 0 Å². The van der Waals surface area contributed by atoms with Crippen LogP contribution in [0.15, 0.2) is 18.3 Å². The number of nitrogens with one attached hydrogen (secondary N) is 1. The van der Waals surface area contributed by atoms with Crippen molar-refractivity contribution in [1.29, 1.82) is 0 Å². The van der Waals surface area contributed by atoms with Gasteiger partial charge in [0.2, 0.25) is 5.88 Å². The Morgan fingerprint density at radius 3 is 2.38 bits per heavy atom. The Balaban J connectivity index is 2.14. The van der Waals surface area contributed by atoms with Gasteiger partial charge in [-0.05, 0) is 56.1 Å². The molecule has 1 aromatic rings. The number of ether oxygens (including phenoxy) is 1. The van der Waals surface area contributed by atoms with Crippen molar-refractivity contribution in [3.8, 4) is 5.88 Å². The van der Waals surface area contributed by atoms with Crippen LogP contribution in [0.25, 0.3) is 0 Å². The van der Waals surface area contributed by atoms with E-state index in [0.717, 1.165) is 5.69 Å². The molecule has 1 heterocycles. The second kappa shape index (κ2) is 5.86. The molecule has 1 N–H and O–H groups in total. The first kappa shape index (κ1) is 16.1. The quantitative estimate of drug-likeness (QED) is 0.857. The van der Waals surface area contributed by atoms with Gasteiger partial charge in [0, 0.05) is 12.2 Å². The lowest BCUT2D eigenvalue weighted by atomic mass is 9.63. The number of hydrogen-bond acceptors (Lipinski definition) is 3. The average Bonchev–Trinajstić information content (AvgIpc) is 2.26. The maximum Gasteiger partial charge on any atom is 0.237 e. The predicted molar refractivity (Wildman–Crippen MR) is 88.8 cm³/mol. The zero-order chi connectivity index (χ0) is 15.7. The van der Waals surface area contributed by atoms with Gasteiger partial charge in [-0.1, -0.05) is 27.7 Å². The SMILES string of the molecule is CC(C)Oc1ncccc1NC1CC(C)(C)CC(C)(C)C1. The van der Waals surface area contributed by atoms with Crippen LogP contribution in [0.3, 0.4) is 0 Å². The lowest BCUT2D eigenvalue weighted by molar-refractivity contribution is 0.105. The Labute approximate surface area is 129 Å². The van der Waals surface area contributed by atoms with E-state index in [0.29, 0.717) is 22.8 Å². The van der Waals surface area contributed by atoms with Crippen LogP contribution in [0.2, 0.25) is 0 Å². The van der Waals surface area contributed by atoms with Crippen LogP contribution in [0.1, 0.15) is 60.8 Å². The molecule has 0 aliphatic heterocycles. The Morgan fingerprint density at radius 1 is 1.19 bits per heavy atom. The van der Waals surface area contributed by atoms with Gasteiger partial charge in [-0.3, -0.25) is 0 Å². The Bertz CT molecular complexity index is 464. The van der Waals surface area contributed by atoms with Crippen molar-refractivity contribution in [3.05, 3.63) is 18.3 Å². The van der Waals surface area contributed by atoms with E-state index in [9.17, 15) is 0 Å². The van der Waals surface area contributed by atoms with Crippen LogP contribution in [-0.2, 0) is 0 Å². The number of rotatable bonds is 4. The summed E-state index contributed by atoms with van der Waals surface area (Å²) in [5, 5.41) is 3.68. The highest BCUT2D eigenvalue weighted by Gasteiger charge is 2.38. The van der Waals surface area contributed by atoms with E-state index < -0.39 is 0 Å². The molecule has 21 heavy (non-hydrogen) atoms. The third-order valence-corrected chi connectivity index (χ3v) is 4.03. The molecule has 0 amide bonds. The van der Waals surface area contributed by atoms with E-state index in [4.69, 9.17) is 4.74 Å². The molecule has 0 radical (unpaired) electrons. The molecule has 118 valence electrons. The van der Waals surface area contributed by atoms with Crippen molar-refractivity contribution in [3.63, 3.8) is 0 Å². The first-order valence-electron chi connectivity index (χ1n) is 8.05. The maximum absolute atomic E-state index is 5.82. The average molecular weight is 290 g/mol. The second-order valence-corrected chi connectivity index (χ2v) is 8.28. The topological polar surface area (TPSA) is 34.1 Å². The van der Waals surface area contributed by atoms with Gasteiger partial charge in [0.05, 0.1) is 11.8 Å². The van der Waals surface area contributed by atoms with Crippen molar-refractivity contribution in [2.45, 2.75) is 73.0 Å². The monoisotopic (exact) mass is 290 g/mol. The van der Waals surface area contributed by atoms with Gasteiger partial charge in [-0.25, -0.2) is 4.98 Å². The normalized spacial score (nSPS) is 21.3. The second-order valence-electron chi connectivity index (χ2n) is 8.28. The van der Waals surface area contributed by atoms with Crippen molar-refractivity contribution in [2.24, 2.45) is 10.8 Å². The molecule has 0 spiro atoms. The molecule has 0 saturated heterocycles. The summed E-state index contributed by atoms with van der Waals surface area (Å²) in [6, 6.07) is 4.51. The zero-order valence-electron chi connectivity index (χ0n) is 14.4. The first-order valence-corrected chi connectivity index (χ1v) is 8.05. The molecule has 1 fully saturated rings. The maximum atomic E-state index is 5.82. The highest BCUT2D eigenvalue weighted by atomic mass is 16.5. The highest BCUT2D eigenvalue weighted by molar-refractivity contribution is 5.53. The third-order valence-electron chi connectivity index (χ3n) is 4.03. The van der Waals surface area contributed by atoms with Crippen molar-refractivity contribution in [1.82, 2.24) is 4.98 Å². The fourth-order valence-electron chi connectivity index (χ4n) is 3.99. The Kier molecular flexibility index (Phi) is 4.50. The summed E-state index contributed by atoms with van der Waals surface area (Å²) in [6.07, 6.45) is 5.58. The molecule has 1 saturated carbocycles. The molecule has 3 heteroatoms. The number of hydrogen-bond donors (Lipinski definition) is 1. The van der Waals surface area contributed by atoms with E-state index in [-0.39, 0.29) is 6.10 Å². The van der Waals surface area contributed by atoms with Gasteiger partial charge in [0.25, 0.3) is 0 Å². The summed E-state index contributed by atoms with van der Waals surface area (Å²) < 4.78 is 5.82. The van der Waals surface area contributed by atoms with E-state index in [1.54, 1.807) is 6.20 Å². The molecule has 0 atom stereocenters. The summed E-state index contributed by atoms with van der Waals surface area (Å²) in [4.78, 5) is 4.37. The van der Waals surface area contributed by atoms with E-state index in [2.05, 4.69) is 44.1 Å².